The third kappa shape index (κ3) is 7.94. The van der Waals surface area contributed by atoms with Crippen LogP contribution in [0.2, 0.25) is 0 Å². The summed E-state index contributed by atoms with van der Waals surface area (Å²) < 4.78 is 23.6. The third-order valence-corrected chi connectivity index (χ3v) is 7.43. The number of hydrogen-bond acceptors (Lipinski definition) is 3. The zero-order chi connectivity index (χ0) is 21.3. The first-order valence-corrected chi connectivity index (χ1v) is 12.4. The highest BCUT2D eigenvalue weighted by atomic mass is 32.2. The van der Waals surface area contributed by atoms with Crippen LogP contribution >= 0.6 is 0 Å². The van der Waals surface area contributed by atoms with Crippen molar-refractivity contribution in [3.63, 3.8) is 0 Å². The van der Waals surface area contributed by atoms with Gasteiger partial charge in [-0.2, -0.15) is 0 Å². The van der Waals surface area contributed by atoms with E-state index in [1.54, 1.807) is 13.8 Å². The van der Waals surface area contributed by atoms with Crippen LogP contribution in [-0.4, -0.2) is 42.3 Å². The number of benzene rings is 1. The summed E-state index contributed by atoms with van der Waals surface area (Å²) in [6.45, 7) is 11.7. The molecule has 0 bridgehead atoms. The molecule has 0 saturated heterocycles. The number of unbranched alkanes of at least 4 members (excludes halogenated alkanes) is 4. The highest BCUT2D eigenvalue weighted by molar-refractivity contribution is 7.91. The topological polar surface area (TPSA) is 54.5 Å². The van der Waals surface area contributed by atoms with Crippen LogP contribution in [0.4, 0.5) is 0 Å². The van der Waals surface area contributed by atoms with Crippen LogP contribution in [-0.2, 0) is 16.3 Å². The molecular weight excluding hydrogens is 370 g/mol. The average Bonchev–Trinajstić information content (AvgIpc) is 2.60. The zero-order valence-corrected chi connectivity index (χ0v) is 19.4. The first-order chi connectivity index (χ1) is 13.1. The second-order valence-corrected chi connectivity index (χ2v) is 11.2. The van der Waals surface area contributed by atoms with Crippen molar-refractivity contribution < 1.29 is 13.2 Å². The summed E-state index contributed by atoms with van der Waals surface area (Å²) in [5, 5.41) is -0.273. The van der Waals surface area contributed by atoms with Gasteiger partial charge in [0.2, 0.25) is 0 Å². The molecule has 0 heterocycles. The molecule has 1 amide bonds. The van der Waals surface area contributed by atoms with E-state index in [2.05, 4.69) is 6.07 Å². The van der Waals surface area contributed by atoms with E-state index in [0.717, 1.165) is 44.1 Å². The van der Waals surface area contributed by atoms with E-state index in [4.69, 9.17) is 0 Å². The second-order valence-electron chi connectivity index (χ2n) is 8.53. The molecule has 0 unspecified atom stereocenters. The summed E-state index contributed by atoms with van der Waals surface area (Å²) in [6, 6.07) is 8.33. The lowest BCUT2D eigenvalue weighted by atomic mass is 10.0. The minimum absolute atomic E-state index is 0.0956. The molecule has 1 rings (SSSR count). The first kappa shape index (κ1) is 24.7. The highest BCUT2D eigenvalue weighted by Gasteiger charge is 2.21. The maximum absolute atomic E-state index is 12.8. The molecule has 0 fully saturated rings. The van der Waals surface area contributed by atoms with Crippen LogP contribution in [0.1, 0.15) is 89.6 Å². The summed E-state index contributed by atoms with van der Waals surface area (Å²) in [6.07, 6.45) is 5.87. The summed E-state index contributed by atoms with van der Waals surface area (Å²) in [5.41, 5.74) is 1.96. The minimum Gasteiger partial charge on any atom is -0.334 e. The predicted octanol–water partition coefficient (Wildman–Crippen LogP) is 5.26. The van der Waals surface area contributed by atoms with E-state index in [1.807, 2.05) is 50.8 Å². The van der Waals surface area contributed by atoms with Gasteiger partial charge in [0, 0.05) is 17.6 Å². The maximum atomic E-state index is 12.8. The molecule has 0 aliphatic heterocycles. The smallest absolute Gasteiger partial charge is 0.254 e. The molecule has 1 aromatic carbocycles. The molecule has 5 heteroatoms. The SMILES string of the molecule is CC(C)N(C(=O)c1cccc(CCCCCCCS(=O)(=O)C(C)C)c1)C(C)C. The first-order valence-electron chi connectivity index (χ1n) is 10.7. The number of carbonyl (C=O) groups excluding carboxylic acids is 1. The Morgan fingerprint density at radius 3 is 2.04 bits per heavy atom. The molecule has 1 aromatic rings. The fraction of sp³-hybridized carbons (Fsp3) is 0.696. The minimum atomic E-state index is -2.90. The lowest BCUT2D eigenvalue weighted by Gasteiger charge is -2.31. The maximum Gasteiger partial charge on any atom is 0.254 e. The molecule has 0 radical (unpaired) electrons. The quantitative estimate of drug-likeness (QED) is 0.442. The van der Waals surface area contributed by atoms with Gasteiger partial charge in [0.05, 0.1) is 11.0 Å². The van der Waals surface area contributed by atoms with Crippen LogP contribution in [0.15, 0.2) is 24.3 Å². The van der Waals surface area contributed by atoms with Gasteiger partial charge in [-0.1, -0.05) is 31.4 Å². The molecule has 28 heavy (non-hydrogen) atoms. The van der Waals surface area contributed by atoms with Crippen molar-refractivity contribution in [1.29, 1.82) is 0 Å². The predicted molar refractivity (Wildman–Crippen MR) is 119 cm³/mol. The fourth-order valence-electron chi connectivity index (χ4n) is 3.47. The van der Waals surface area contributed by atoms with Gasteiger partial charge in [-0.15, -0.1) is 0 Å². The van der Waals surface area contributed by atoms with Crippen LogP contribution in [0.25, 0.3) is 0 Å². The number of aryl methyl sites for hydroxylation is 1. The zero-order valence-electron chi connectivity index (χ0n) is 18.6. The van der Waals surface area contributed by atoms with Gasteiger partial charge in [0.25, 0.3) is 5.91 Å². The Hall–Kier alpha value is -1.36. The molecule has 4 nitrogen and oxygen atoms in total. The number of nitrogens with zero attached hydrogens (tertiary/aromatic N) is 1. The second kappa shape index (κ2) is 11.6. The van der Waals surface area contributed by atoms with Crippen LogP contribution in [0.3, 0.4) is 0 Å². The molecule has 0 aliphatic carbocycles. The van der Waals surface area contributed by atoms with Crippen molar-refractivity contribution in [2.45, 2.75) is 97.4 Å². The van der Waals surface area contributed by atoms with Crippen LogP contribution < -0.4 is 0 Å². The summed E-state index contributed by atoms with van der Waals surface area (Å²) in [5.74, 6) is 0.398. The van der Waals surface area contributed by atoms with Crippen molar-refractivity contribution in [3.8, 4) is 0 Å². The Kier molecular flexibility index (Phi) is 10.2. The number of rotatable bonds is 12. The summed E-state index contributed by atoms with van der Waals surface area (Å²) in [7, 11) is -2.90. The summed E-state index contributed by atoms with van der Waals surface area (Å²) in [4.78, 5) is 14.8. The van der Waals surface area contributed by atoms with E-state index in [9.17, 15) is 13.2 Å². The molecule has 0 saturated carbocycles. The van der Waals surface area contributed by atoms with Crippen molar-refractivity contribution in [2.24, 2.45) is 0 Å². The van der Waals surface area contributed by atoms with E-state index < -0.39 is 9.84 Å². The van der Waals surface area contributed by atoms with Gasteiger partial charge < -0.3 is 4.90 Å². The highest BCUT2D eigenvalue weighted by Crippen LogP contribution is 2.16. The monoisotopic (exact) mass is 409 g/mol. The lowest BCUT2D eigenvalue weighted by molar-refractivity contribution is 0.0643. The molecule has 0 N–H and O–H groups in total. The van der Waals surface area contributed by atoms with Crippen molar-refractivity contribution in [3.05, 3.63) is 35.4 Å². The Morgan fingerprint density at radius 1 is 0.893 bits per heavy atom. The summed E-state index contributed by atoms with van der Waals surface area (Å²) >= 11 is 0. The van der Waals surface area contributed by atoms with E-state index in [0.29, 0.717) is 5.75 Å². The van der Waals surface area contributed by atoms with Gasteiger partial charge in [-0.25, -0.2) is 8.42 Å². The molecule has 0 aliphatic rings. The lowest BCUT2D eigenvalue weighted by Crippen LogP contribution is -2.42. The average molecular weight is 410 g/mol. The van der Waals surface area contributed by atoms with Gasteiger partial charge in [0.15, 0.2) is 9.84 Å². The van der Waals surface area contributed by atoms with Crippen LogP contribution in [0.5, 0.6) is 0 Å². The molecule has 0 aromatic heterocycles. The number of carbonyl (C=O) groups is 1. The Bertz CT molecular complexity index is 700. The molecule has 160 valence electrons. The number of sulfone groups is 1. The van der Waals surface area contributed by atoms with Gasteiger partial charge in [-0.3, -0.25) is 4.79 Å². The molecule has 0 atom stereocenters. The van der Waals surface area contributed by atoms with E-state index in [1.165, 1.54) is 5.56 Å². The van der Waals surface area contributed by atoms with Gasteiger partial charge in [-0.05, 0) is 78.5 Å². The largest absolute Gasteiger partial charge is 0.334 e. The van der Waals surface area contributed by atoms with E-state index in [-0.39, 0.29) is 23.2 Å². The Labute approximate surface area is 172 Å². The van der Waals surface area contributed by atoms with Crippen LogP contribution in [0, 0.1) is 0 Å². The van der Waals surface area contributed by atoms with Crippen molar-refractivity contribution in [2.75, 3.05) is 5.75 Å². The molecular formula is C23H39NO3S. The molecule has 0 spiro atoms. The van der Waals surface area contributed by atoms with Crippen molar-refractivity contribution in [1.82, 2.24) is 4.90 Å². The van der Waals surface area contributed by atoms with Gasteiger partial charge in [0.1, 0.15) is 0 Å². The normalized spacial score (nSPS) is 12.2. The number of hydrogen-bond donors (Lipinski definition) is 0. The fourth-order valence-corrected chi connectivity index (χ4v) is 4.55. The third-order valence-electron chi connectivity index (χ3n) is 5.13. The van der Waals surface area contributed by atoms with Crippen molar-refractivity contribution >= 4 is 15.7 Å². The Morgan fingerprint density at radius 2 is 1.46 bits per heavy atom. The standard InChI is InChI=1S/C23H39NO3S/c1-18(2)24(19(3)4)23(25)22-15-12-14-21(17-22)13-10-8-7-9-11-16-28(26,27)20(5)6/h12,14-15,17-20H,7-11,13,16H2,1-6H3. The van der Waals surface area contributed by atoms with Gasteiger partial charge >= 0.3 is 0 Å². The Balaban J connectivity index is 2.44. The van der Waals surface area contributed by atoms with E-state index >= 15 is 0 Å². The number of amides is 1.